The third-order valence-electron chi connectivity index (χ3n) is 3.29. The number of fused-ring (bicyclic) bond motifs is 2. The summed E-state index contributed by atoms with van der Waals surface area (Å²) in [4.78, 5) is 0. The summed E-state index contributed by atoms with van der Waals surface area (Å²) in [6.07, 6.45) is -1.00. The molecule has 0 radical (unpaired) electrons. The standard InChI is InChI=1S/C13H16O4/c14-10-7-15-11-8-17-12(10)13(11)16-6-9-4-2-1-3-5-9/h1-5,10-14H,6-8H2/t10-,11-,12-,13-/m1/s1. The number of rotatable bonds is 3. The molecule has 1 N–H and O–H groups in total. The fourth-order valence-electron chi connectivity index (χ4n) is 2.37. The zero-order chi connectivity index (χ0) is 11.7. The van der Waals surface area contributed by atoms with Crippen molar-refractivity contribution < 1.29 is 19.3 Å². The van der Waals surface area contributed by atoms with Gasteiger partial charge in [-0.15, -0.1) is 0 Å². The fraction of sp³-hybridized carbons (Fsp3) is 0.538. The summed E-state index contributed by atoms with van der Waals surface area (Å²) in [6.45, 7) is 1.39. The van der Waals surface area contributed by atoms with Gasteiger partial charge in [-0.1, -0.05) is 30.3 Å². The largest absolute Gasteiger partial charge is 0.388 e. The highest BCUT2D eigenvalue weighted by atomic mass is 16.6. The number of hydrogen-bond donors (Lipinski definition) is 1. The molecule has 2 bridgehead atoms. The van der Waals surface area contributed by atoms with Crippen molar-refractivity contribution in [3.63, 3.8) is 0 Å². The topological polar surface area (TPSA) is 47.9 Å². The van der Waals surface area contributed by atoms with Gasteiger partial charge in [-0.25, -0.2) is 0 Å². The summed E-state index contributed by atoms with van der Waals surface area (Å²) in [5.74, 6) is 0. The molecule has 0 amide bonds. The molecule has 2 heterocycles. The van der Waals surface area contributed by atoms with Crippen LogP contribution >= 0.6 is 0 Å². The van der Waals surface area contributed by atoms with Crippen LogP contribution < -0.4 is 0 Å². The molecular weight excluding hydrogens is 220 g/mol. The first kappa shape index (κ1) is 11.2. The van der Waals surface area contributed by atoms with Crippen molar-refractivity contribution in [3.8, 4) is 0 Å². The highest BCUT2D eigenvalue weighted by molar-refractivity contribution is 5.13. The van der Waals surface area contributed by atoms with E-state index in [0.717, 1.165) is 5.56 Å². The molecule has 0 aliphatic carbocycles. The second kappa shape index (κ2) is 4.74. The lowest BCUT2D eigenvalue weighted by Crippen LogP contribution is -2.48. The van der Waals surface area contributed by atoms with E-state index in [-0.39, 0.29) is 18.3 Å². The van der Waals surface area contributed by atoms with Gasteiger partial charge in [0.25, 0.3) is 0 Å². The van der Waals surface area contributed by atoms with Crippen LogP contribution in [0.3, 0.4) is 0 Å². The minimum atomic E-state index is -0.575. The molecule has 0 aromatic heterocycles. The van der Waals surface area contributed by atoms with Crippen molar-refractivity contribution in [2.45, 2.75) is 31.0 Å². The van der Waals surface area contributed by atoms with Crippen molar-refractivity contribution in [1.29, 1.82) is 0 Å². The second-order valence-electron chi connectivity index (χ2n) is 4.50. The minimum Gasteiger partial charge on any atom is -0.388 e. The Bertz CT molecular complexity index is 367. The van der Waals surface area contributed by atoms with E-state index in [4.69, 9.17) is 14.2 Å². The monoisotopic (exact) mass is 236 g/mol. The average molecular weight is 236 g/mol. The van der Waals surface area contributed by atoms with Crippen molar-refractivity contribution in [2.75, 3.05) is 13.2 Å². The van der Waals surface area contributed by atoms with E-state index in [9.17, 15) is 5.11 Å². The predicted molar refractivity (Wildman–Crippen MR) is 60.5 cm³/mol. The number of ether oxygens (including phenoxy) is 3. The van der Waals surface area contributed by atoms with Gasteiger partial charge in [-0.3, -0.25) is 0 Å². The third kappa shape index (κ3) is 2.21. The second-order valence-corrected chi connectivity index (χ2v) is 4.50. The maximum Gasteiger partial charge on any atom is 0.115 e. The maximum atomic E-state index is 9.73. The summed E-state index contributed by atoms with van der Waals surface area (Å²) >= 11 is 0. The maximum absolute atomic E-state index is 9.73. The Balaban J connectivity index is 1.62. The Morgan fingerprint density at radius 3 is 2.82 bits per heavy atom. The molecule has 1 aromatic carbocycles. The van der Waals surface area contributed by atoms with E-state index in [1.807, 2.05) is 30.3 Å². The Hall–Kier alpha value is -0.940. The first-order chi connectivity index (χ1) is 8.34. The molecule has 2 saturated heterocycles. The van der Waals surface area contributed by atoms with Crippen LogP contribution in [0, 0.1) is 0 Å². The van der Waals surface area contributed by atoms with Gasteiger partial charge in [0.1, 0.15) is 24.4 Å². The Kier molecular flexibility index (Phi) is 3.11. The molecule has 0 saturated carbocycles. The van der Waals surface area contributed by atoms with E-state index in [1.54, 1.807) is 0 Å². The number of aliphatic hydroxyl groups is 1. The minimum absolute atomic E-state index is 0.0351. The predicted octanol–water partition coefficient (Wildman–Crippen LogP) is 0.730. The molecule has 3 rings (SSSR count). The summed E-state index contributed by atoms with van der Waals surface area (Å²) in [5, 5.41) is 9.73. The smallest absolute Gasteiger partial charge is 0.115 e. The van der Waals surface area contributed by atoms with Crippen molar-refractivity contribution >= 4 is 0 Å². The van der Waals surface area contributed by atoms with E-state index < -0.39 is 6.10 Å². The van der Waals surface area contributed by atoms with Crippen LogP contribution in [-0.2, 0) is 20.8 Å². The first-order valence-corrected chi connectivity index (χ1v) is 5.91. The van der Waals surface area contributed by atoms with Gasteiger partial charge in [0.2, 0.25) is 0 Å². The lowest BCUT2D eigenvalue weighted by atomic mass is 10.0. The molecule has 2 fully saturated rings. The van der Waals surface area contributed by atoms with Crippen LogP contribution in [0.1, 0.15) is 5.56 Å². The van der Waals surface area contributed by atoms with E-state index in [2.05, 4.69) is 0 Å². The Labute approximate surface area is 100 Å². The molecule has 2 aliphatic rings. The van der Waals surface area contributed by atoms with Gasteiger partial charge >= 0.3 is 0 Å². The van der Waals surface area contributed by atoms with Gasteiger partial charge in [-0.2, -0.15) is 0 Å². The van der Waals surface area contributed by atoms with Gasteiger partial charge in [0, 0.05) is 0 Å². The average Bonchev–Trinajstić information content (AvgIpc) is 2.68. The lowest BCUT2D eigenvalue weighted by Gasteiger charge is -2.31. The molecule has 2 aliphatic heterocycles. The molecule has 4 nitrogen and oxygen atoms in total. The van der Waals surface area contributed by atoms with Crippen molar-refractivity contribution in [2.24, 2.45) is 0 Å². The van der Waals surface area contributed by atoms with E-state index in [1.165, 1.54) is 0 Å². The molecule has 0 spiro atoms. The SMILES string of the molecule is O[C@@H]1CO[C@@H]2CO[C@H]1[C@@H]2OCc1ccccc1. The molecule has 1 aromatic rings. The summed E-state index contributed by atoms with van der Waals surface area (Å²) in [6, 6.07) is 9.97. The van der Waals surface area contributed by atoms with Gasteiger partial charge in [0.15, 0.2) is 0 Å². The molecule has 0 unspecified atom stereocenters. The Morgan fingerprint density at radius 2 is 2.00 bits per heavy atom. The summed E-state index contributed by atoms with van der Waals surface area (Å²) in [5.41, 5.74) is 1.12. The van der Waals surface area contributed by atoms with Crippen LogP contribution in [0.25, 0.3) is 0 Å². The van der Waals surface area contributed by atoms with Crippen LogP contribution in [0.15, 0.2) is 30.3 Å². The van der Waals surface area contributed by atoms with Gasteiger partial charge < -0.3 is 19.3 Å². The highest BCUT2D eigenvalue weighted by Crippen LogP contribution is 2.28. The third-order valence-corrected chi connectivity index (χ3v) is 3.29. The highest BCUT2D eigenvalue weighted by Gasteiger charge is 2.47. The van der Waals surface area contributed by atoms with Crippen molar-refractivity contribution in [3.05, 3.63) is 35.9 Å². The summed E-state index contributed by atoms with van der Waals surface area (Å²) in [7, 11) is 0. The van der Waals surface area contributed by atoms with E-state index >= 15 is 0 Å². The molecular formula is C13H16O4. The Morgan fingerprint density at radius 1 is 1.18 bits per heavy atom. The van der Waals surface area contributed by atoms with Gasteiger partial charge in [-0.05, 0) is 5.56 Å². The molecule has 4 atom stereocenters. The number of aliphatic hydroxyl groups excluding tert-OH is 1. The lowest BCUT2D eigenvalue weighted by molar-refractivity contribution is -0.152. The molecule has 4 heteroatoms. The zero-order valence-corrected chi connectivity index (χ0v) is 9.49. The number of benzene rings is 1. The van der Waals surface area contributed by atoms with Crippen molar-refractivity contribution in [1.82, 2.24) is 0 Å². The molecule has 92 valence electrons. The zero-order valence-electron chi connectivity index (χ0n) is 9.49. The normalized spacial score (nSPS) is 36.1. The van der Waals surface area contributed by atoms with Crippen LogP contribution in [0.5, 0.6) is 0 Å². The fourth-order valence-corrected chi connectivity index (χ4v) is 2.37. The van der Waals surface area contributed by atoms with Gasteiger partial charge in [0.05, 0.1) is 19.8 Å². The van der Waals surface area contributed by atoms with Crippen LogP contribution in [0.2, 0.25) is 0 Å². The first-order valence-electron chi connectivity index (χ1n) is 5.91. The van der Waals surface area contributed by atoms with Crippen LogP contribution in [-0.4, -0.2) is 42.7 Å². The quantitative estimate of drug-likeness (QED) is 0.840. The summed E-state index contributed by atoms with van der Waals surface area (Å²) < 4.78 is 16.8. The van der Waals surface area contributed by atoms with Crippen LogP contribution in [0.4, 0.5) is 0 Å². The van der Waals surface area contributed by atoms with E-state index in [0.29, 0.717) is 19.8 Å². The number of hydrogen-bond acceptors (Lipinski definition) is 4. The molecule has 17 heavy (non-hydrogen) atoms.